The number of hydrogen-bond acceptors (Lipinski definition) is 3. The van der Waals surface area contributed by atoms with E-state index in [1.54, 1.807) is 6.07 Å². The van der Waals surface area contributed by atoms with Gasteiger partial charge in [-0.2, -0.15) is 0 Å². The van der Waals surface area contributed by atoms with Gasteiger partial charge in [-0.25, -0.2) is 4.98 Å². The Balaban J connectivity index is 1.72. The third-order valence-corrected chi connectivity index (χ3v) is 8.47. The highest BCUT2D eigenvalue weighted by Gasteiger charge is 2.25. The van der Waals surface area contributed by atoms with Crippen LogP contribution in [0.4, 0.5) is 0 Å². The Labute approximate surface area is 261 Å². The van der Waals surface area contributed by atoms with Crippen molar-refractivity contribution in [3.8, 4) is 45.2 Å². The smallest absolute Gasteiger partial charge is 0.149 e. The van der Waals surface area contributed by atoms with Crippen LogP contribution < -0.4 is 0 Å². The van der Waals surface area contributed by atoms with Gasteiger partial charge in [-0.1, -0.05) is 103 Å². The van der Waals surface area contributed by atoms with E-state index in [1.807, 2.05) is 36.5 Å². The van der Waals surface area contributed by atoms with Gasteiger partial charge in [-0.05, 0) is 82.0 Å². The van der Waals surface area contributed by atoms with Gasteiger partial charge in [0.05, 0.1) is 28.0 Å². The van der Waals surface area contributed by atoms with Gasteiger partial charge >= 0.3 is 0 Å². The first kappa shape index (κ1) is 29.4. The molecular weight excluding hydrogens is 538 g/mol. The summed E-state index contributed by atoms with van der Waals surface area (Å²) in [7, 11) is 0. The molecule has 0 spiro atoms. The van der Waals surface area contributed by atoms with E-state index in [0.717, 1.165) is 44.9 Å². The average molecular weight is 580 g/mol. The van der Waals surface area contributed by atoms with Gasteiger partial charge in [0.15, 0.2) is 0 Å². The molecule has 6 aromatic rings. The molecule has 2 heterocycles. The molecule has 222 valence electrons. The highest BCUT2D eigenvalue weighted by molar-refractivity contribution is 5.97. The zero-order valence-corrected chi connectivity index (χ0v) is 26.8. The van der Waals surface area contributed by atoms with E-state index < -0.39 is 0 Å². The summed E-state index contributed by atoms with van der Waals surface area (Å²) in [5.41, 5.74) is 11.6. The van der Waals surface area contributed by atoms with Crippen molar-refractivity contribution < 1.29 is 5.11 Å². The minimum absolute atomic E-state index is 0.0594. The lowest BCUT2D eigenvalue weighted by Gasteiger charge is -2.23. The molecule has 0 aliphatic heterocycles. The molecule has 4 heteroatoms. The predicted molar refractivity (Wildman–Crippen MR) is 184 cm³/mol. The molecule has 1 N–H and O–H groups in total. The molecule has 0 radical (unpaired) electrons. The summed E-state index contributed by atoms with van der Waals surface area (Å²) in [5.74, 6) is 1.54. The van der Waals surface area contributed by atoms with Crippen LogP contribution in [0.15, 0.2) is 103 Å². The molecule has 0 unspecified atom stereocenters. The zero-order chi connectivity index (χ0) is 31.2. The van der Waals surface area contributed by atoms with Crippen molar-refractivity contribution in [3.63, 3.8) is 0 Å². The van der Waals surface area contributed by atoms with E-state index in [-0.39, 0.29) is 11.2 Å². The van der Waals surface area contributed by atoms with Gasteiger partial charge in [0.2, 0.25) is 0 Å². The van der Waals surface area contributed by atoms with Gasteiger partial charge < -0.3 is 5.11 Å². The molecule has 0 fully saturated rings. The number of benzene rings is 4. The normalized spacial score (nSPS) is 12.0. The molecule has 44 heavy (non-hydrogen) atoms. The number of para-hydroxylation sites is 3. The van der Waals surface area contributed by atoms with Crippen LogP contribution >= 0.6 is 0 Å². The molecule has 0 bridgehead atoms. The van der Waals surface area contributed by atoms with E-state index in [1.165, 1.54) is 16.7 Å². The number of nitrogens with zero attached hydrogens (tertiary/aromatic N) is 3. The van der Waals surface area contributed by atoms with Gasteiger partial charge in [0.25, 0.3) is 0 Å². The number of aromatic hydroxyl groups is 1. The van der Waals surface area contributed by atoms with Gasteiger partial charge in [-0.3, -0.25) is 9.55 Å². The van der Waals surface area contributed by atoms with E-state index in [4.69, 9.17) is 4.98 Å². The molecule has 6 rings (SSSR count). The number of phenols is 1. The standard InChI is InChI=1S/C40H41N3O/c1-25(2)30-15-12-16-31(26(3)4)38(30)43-35-19-13-17-32(37(35)42-39(43)33-14-8-9-20-36(33)44)27-22-28(34-18-10-11-21-41-34)24-29(23-27)40(5,6)7/h8-26,44H,1-7H3. The first-order chi connectivity index (χ1) is 21.0. The minimum atomic E-state index is -0.0594. The number of hydrogen-bond donors (Lipinski definition) is 1. The van der Waals surface area contributed by atoms with Crippen LogP contribution in [0.2, 0.25) is 0 Å². The predicted octanol–water partition coefficient (Wildman–Crippen LogP) is 10.7. The molecule has 0 saturated heterocycles. The van der Waals surface area contributed by atoms with Crippen molar-refractivity contribution in [2.45, 2.75) is 65.7 Å². The fourth-order valence-electron chi connectivity index (χ4n) is 6.07. The molecule has 0 amide bonds. The van der Waals surface area contributed by atoms with Gasteiger partial charge in [0, 0.05) is 17.3 Å². The van der Waals surface area contributed by atoms with E-state index in [2.05, 4.69) is 119 Å². The Morgan fingerprint density at radius 1 is 0.682 bits per heavy atom. The van der Waals surface area contributed by atoms with Crippen molar-refractivity contribution in [1.82, 2.24) is 14.5 Å². The maximum Gasteiger partial charge on any atom is 0.149 e. The summed E-state index contributed by atoms with van der Waals surface area (Å²) in [6, 6.07) is 33.4. The maximum atomic E-state index is 11.1. The van der Waals surface area contributed by atoms with E-state index in [0.29, 0.717) is 17.4 Å². The first-order valence-corrected chi connectivity index (χ1v) is 15.5. The Morgan fingerprint density at radius 2 is 1.32 bits per heavy atom. The number of aromatic nitrogens is 3. The summed E-state index contributed by atoms with van der Waals surface area (Å²) >= 11 is 0. The Kier molecular flexibility index (Phi) is 7.63. The van der Waals surface area contributed by atoms with E-state index in [9.17, 15) is 5.11 Å². The molecule has 0 saturated carbocycles. The molecular formula is C40H41N3O. The average Bonchev–Trinajstić information content (AvgIpc) is 3.39. The fourth-order valence-corrected chi connectivity index (χ4v) is 6.07. The highest BCUT2D eigenvalue weighted by Crippen LogP contribution is 2.42. The maximum absolute atomic E-state index is 11.1. The van der Waals surface area contributed by atoms with Crippen molar-refractivity contribution in [3.05, 3.63) is 120 Å². The van der Waals surface area contributed by atoms with Crippen LogP contribution in [0.1, 0.15) is 77.0 Å². The Morgan fingerprint density at radius 3 is 1.95 bits per heavy atom. The Bertz CT molecular complexity index is 1930. The van der Waals surface area contributed by atoms with Crippen LogP contribution in [-0.4, -0.2) is 19.6 Å². The van der Waals surface area contributed by atoms with Crippen LogP contribution in [0.25, 0.3) is 50.5 Å². The van der Waals surface area contributed by atoms with Crippen LogP contribution in [0, 0.1) is 0 Å². The second-order valence-corrected chi connectivity index (χ2v) is 13.3. The topological polar surface area (TPSA) is 50.9 Å². The lowest BCUT2D eigenvalue weighted by molar-refractivity contribution is 0.477. The zero-order valence-electron chi connectivity index (χ0n) is 26.8. The molecule has 2 aromatic heterocycles. The van der Waals surface area contributed by atoms with Crippen molar-refractivity contribution in [2.24, 2.45) is 0 Å². The summed E-state index contributed by atoms with van der Waals surface area (Å²) < 4.78 is 2.28. The first-order valence-electron chi connectivity index (χ1n) is 15.5. The lowest BCUT2D eigenvalue weighted by Crippen LogP contribution is -2.11. The second-order valence-electron chi connectivity index (χ2n) is 13.3. The number of pyridine rings is 1. The summed E-state index contributed by atoms with van der Waals surface area (Å²) in [6.45, 7) is 15.7. The minimum Gasteiger partial charge on any atom is -0.507 e. The van der Waals surface area contributed by atoms with Crippen LogP contribution in [0.3, 0.4) is 0 Å². The number of fused-ring (bicyclic) bond motifs is 1. The third-order valence-electron chi connectivity index (χ3n) is 8.47. The SMILES string of the molecule is CC(C)c1cccc(C(C)C)c1-n1c(-c2ccccc2O)nc2c(-c3cc(-c4ccccn4)cc(C(C)(C)C)c3)cccc21. The largest absolute Gasteiger partial charge is 0.507 e. The monoisotopic (exact) mass is 579 g/mol. The molecule has 0 atom stereocenters. The quantitative estimate of drug-likeness (QED) is 0.213. The highest BCUT2D eigenvalue weighted by atomic mass is 16.3. The van der Waals surface area contributed by atoms with Crippen molar-refractivity contribution >= 4 is 11.0 Å². The fraction of sp³-hybridized carbons (Fsp3) is 0.250. The lowest BCUT2D eigenvalue weighted by atomic mass is 9.83. The summed E-state index contributed by atoms with van der Waals surface area (Å²) in [6.07, 6.45) is 1.85. The number of imidazole rings is 1. The van der Waals surface area contributed by atoms with Crippen LogP contribution in [-0.2, 0) is 5.41 Å². The van der Waals surface area contributed by atoms with Crippen molar-refractivity contribution in [2.75, 3.05) is 0 Å². The molecule has 4 aromatic carbocycles. The van der Waals surface area contributed by atoms with Gasteiger partial charge in [0.1, 0.15) is 11.6 Å². The second kappa shape index (κ2) is 11.4. The molecule has 0 aliphatic rings. The van der Waals surface area contributed by atoms with Crippen molar-refractivity contribution in [1.29, 1.82) is 0 Å². The van der Waals surface area contributed by atoms with Crippen LogP contribution in [0.5, 0.6) is 5.75 Å². The Hall–Kier alpha value is -4.70. The molecule has 4 nitrogen and oxygen atoms in total. The number of rotatable bonds is 6. The molecule has 0 aliphatic carbocycles. The van der Waals surface area contributed by atoms with E-state index >= 15 is 0 Å². The summed E-state index contributed by atoms with van der Waals surface area (Å²) in [5, 5.41) is 11.1. The number of phenolic OH excluding ortho intramolecular Hbond substituents is 1. The van der Waals surface area contributed by atoms with Gasteiger partial charge in [-0.15, -0.1) is 0 Å². The third kappa shape index (κ3) is 5.30. The summed E-state index contributed by atoms with van der Waals surface area (Å²) in [4.78, 5) is 10.1.